The lowest BCUT2D eigenvalue weighted by atomic mass is 9.80. The lowest BCUT2D eigenvalue weighted by Crippen LogP contribution is -2.58. The molecule has 4 rings (SSSR count). The number of nitrogens with one attached hydrogen (secondary N) is 2. The second-order valence-electron chi connectivity index (χ2n) is 12.7. The number of carbonyl (C=O) groups is 4. The molecule has 1 aromatic carbocycles. The molecule has 2 aliphatic rings. The predicted octanol–water partition coefficient (Wildman–Crippen LogP) is 3.68. The summed E-state index contributed by atoms with van der Waals surface area (Å²) < 4.78 is 0. The number of aryl methyl sites for hydroxylation is 1. The number of β-amino-alcohol motifs (C(OH)–C–C–N with tert-alkyl or cyclic N) is 1. The Bertz CT molecular complexity index is 1300. The van der Waals surface area contributed by atoms with Crippen LogP contribution < -0.4 is 10.6 Å². The number of hydrogen-bond donors (Lipinski definition) is 4. The molecule has 1 aliphatic carbocycles. The molecule has 2 fully saturated rings. The van der Waals surface area contributed by atoms with Gasteiger partial charge in [-0.15, -0.1) is 11.3 Å². The van der Waals surface area contributed by atoms with Crippen molar-refractivity contribution in [1.82, 2.24) is 20.5 Å². The van der Waals surface area contributed by atoms with Crippen molar-refractivity contribution < 1.29 is 29.4 Å². The summed E-state index contributed by atoms with van der Waals surface area (Å²) in [6.07, 6.45) is 0.998. The second kappa shape index (κ2) is 12.9. The summed E-state index contributed by atoms with van der Waals surface area (Å²) in [5.41, 5.74) is 4.08. The van der Waals surface area contributed by atoms with Crippen molar-refractivity contribution in [3.63, 3.8) is 0 Å². The third-order valence-electron chi connectivity index (χ3n) is 8.49. The van der Waals surface area contributed by atoms with E-state index in [9.17, 15) is 29.4 Å². The first-order valence-corrected chi connectivity index (χ1v) is 15.5. The number of nitrogens with zero attached hydrogens (tertiary/aromatic N) is 2. The quantitative estimate of drug-likeness (QED) is 0.362. The van der Waals surface area contributed by atoms with Gasteiger partial charge in [-0.1, -0.05) is 45.0 Å². The van der Waals surface area contributed by atoms with E-state index in [0.717, 1.165) is 21.7 Å². The highest BCUT2D eigenvalue weighted by Gasteiger charge is 2.45. The topological polar surface area (TPSA) is 149 Å². The van der Waals surface area contributed by atoms with Crippen LogP contribution in [0.15, 0.2) is 29.8 Å². The standard InChI is InChI=1S/C31H42N4O6S/c1-17(19-6-8-20(9-7-19)25-18(2)32-16-42-25)33-28(38)24-14-23(36)15-35(24)29(39)26(31(3,4)5)34-27(37)21-10-12-22(13-11-21)30(40)41/h6-9,16-17,21-24,26,36H,10-15H2,1-5H3,(H,33,38)(H,34,37)(H,40,41)/t17-,21?,22?,23+,24-,26?/m0/s1. The number of carboxylic acid groups (broad SMARTS) is 1. The average Bonchev–Trinajstić information content (AvgIpc) is 3.56. The van der Waals surface area contributed by atoms with E-state index < -0.39 is 41.4 Å². The molecule has 1 saturated heterocycles. The fourth-order valence-electron chi connectivity index (χ4n) is 5.88. The molecule has 1 saturated carbocycles. The highest BCUT2D eigenvalue weighted by Crippen LogP contribution is 2.32. The summed E-state index contributed by atoms with van der Waals surface area (Å²) in [6.45, 7) is 9.38. The van der Waals surface area contributed by atoms with E-state index in [-0.39, 0.29) is 36.7 Å². The van der Waals surface area contributed by atoms with E-state index >= 15 is 0 Å². The molecular formula is C31H42N4O6S. The van der Waals surface area contributed by atoms with Gasteiger partial charge in [0.1, 0.15) is 12.1 Å². The lowest BCUT2D eigenvalue weighted by Gasteiger charge is -2.36. The molecule has 2 heterocycles. The Morgan fingerprint density at radius 1 is 1.00 bits per heavy atom. The van der Waals surface area contributed by atoms with Gasteiger partial charge in [0.05, 0.1) is 34.1 Å². The second-order valence-corrected chi connectivity index (χ2v) is 13.6. The highest BCUT2D eigenvalue weighted by molar-refractivity contribution is 7.13. The first-order valence-electron chi connectivity index (χ1n) is 14.6. The van der Waals surface area contributed by atoms with Gasteiger partial charge in [0.15, 0.2) is 0 Å². The van der Waals surface area contributed by atoms with Crippen LogP contribution in [0.3, 0.4) is 0 Å². The van der Waals surface area contributed by atoms with Gasteiger partial charge >= 0.3 is 5.97 Å². The summed E-state index contributed by atoms with van der Waals surface area (Å²) in [5.74, 6) is -2.70. The Balaban J connectivity index is 1.42. The number of likely N-dealkylation sites (tertiary alicyclic amines) is 1. The Morgan fingerprint density at radius 3 is 2.17 bits per heavy atom. The van der Waals surface area contributed by atoms with Gasteiger partial charge in [-0.05, 0) is 56.1 Å². The van der Waals surface area contributed by atoms with Crippen LogP contribution in [-0.4, -0.2) is 68.5 Å². The van der Waals surface area contributed by atoms with Crippen LogP contribution in [0.1, 0.15) is 77.1 Å². The molecular weight excluding hydrogens is 556 g/mol. The molecule has 4 N–H and O–H groups in total. The Hall–Kier alpha value is -3.31. The van der Waals surface area contributed by atoms with Crippen molar-refractivity contribution in [3.05, 3.63) is 41.0 Å². The SMILES string of the molecule is Cc1ncsc1-c1ccc([C@H](C)NC(=O)[C@@H]2C[C@@H](O)CN2C(=O)C(NC(=O)C2CCC(C(=O)O)CC2)C(C)(C)C)cc1. The number of amides is 3. The fourth-order valence-corrected chi connectivity index (χ4v) is 6.69. The monoisotopic (exact) mass is 598 g/mol. The van der Waals surface area contributed by atoms with Gasteiger partial charge in [-0.25, -0.2) is 4.98 Å². The summed E-state index contributed by atoms with van der Waals surface area (Å²) in [6, 6.07) is 5.80. The number of thiazole rings is 1. The molecule has 1 aliphatic heterocycles. The minimum Gasteiger partial charge on any atom is -0.481 e. The number of carboxylic acids is 1. The van der Waals surface area contributed by atoms with E-state index in [1.54, 1.807) is 11.3 Å². The number of hydrogen-bond acceptors (Lipinski definition) is 7. The number of aromatic nitrogens is 1. The predicted molar refractivity (Wildman–Crippen MR) is 159 cm³/mol. The van der Waals surface area contributed by atoms with E-state index in [1.165, 1.54) is 4.90 Å². The zero-order valence-corrected chi connectivity index (χ0v) is 25.7. The minimum absolute atomic E-state index is 0.000366. The van der Waals surface area contributed by atoms with E-state index in [2.05, 4.69) is 15.6 Å². The average molecular weight is 599 g/mol. The summed E-state index contributed by atoms with van der Waals surface area (Å²) in [5, 5.41) is 25.7. The molecule has 0 radical (unpaired) electrons. The number of aliphatic carboxylic acids is 1. The molecule has 4 atom stereocenters. The molecule has 2 aromatic rings. The molecule has 10 nitrogen and oxygen atoms in total. The zero-order valence-electron chi connectivity index (χ0n) is 24.9. The number of carbonyl (C=O) groups excluding carboxylic acids is 3. The maximum atomic E-state index is 13.9. The third-order valence-corrected chi connectivity index (χ3v) is 9.47. The van der Waals surface area contributed by atoms with Crippen LogP contribution in [-0.2, 0) is 19.2 Å². The molecule has 11 heteroatoms. The molecule has 3 amide bonds. The Morgan fingerprint density at radius 2 is 1.62 bits per heavy atom. The van der Waals surface area contributed by atoms with Crippen molar-refractivity contribution in [3.8, 4) is 10.4 Å². The van der Waals surface area contributed by atoms with Crippen molar-refractivity contribution >= 4 is 35.0 Å². The lowest BCUT2D eigenvalue weighted by molar-refractivity contribution is -0.146. The van der Waals surface area contributed by atoms with Crippen molar-refractivity contribution in [2.45, 2.75) is 91.0 Å². The first kappa shape index (κ1) is 31.6. The first-order chi connectivity index (χ1) is 19.8. The third kappa shape index (κ3) is 7.18. The number of rotatable bonds is 8. The number of aliphatic hydroxyl groups excluding tert-OH is 1. The minimum atomic E-state index is -0.914. The number of benzene rings is 1. The van der Waals surface area contributed by atoms with Gasteiger partial charge in [0, 0.05) is 18.9 Å². The van der Waals surface area contributed by atoms with Crippen LogP contribution in [0.2, 0.25) is 0 Å². The summed E-state index contributed by atoms with van der Waals surface area (Å²) >= 11 is 1.57. The molecule has 1 aromatic heterocycles. The molecule has 42 heavy (non-hydrogen) atoms. The van der Waals surface area contributed by atoms with Crippen LogP contribution in [0.4, 0.5) is 0 Å². The van der Waals surface area contributed by atoms with Crippen molar-refractivity contribution in [1.29, 1.82) is 0 Å². The zero-order chi connectivity index (χ0) is 30.8. The van der Waals surface area contributed by atoms with Crippen LogP contribution in [0.5, 0.6) is 0 Å². The van der Waals surface area contributed by atoms with Crippen molar-refractivity contribution in [2.24, 2.45) is 17.3 Å². The van der Waals surface area contributed by atoms with Crippen LogP contribution >= 0.6 is 11.3 Å². The van der Waals surface area contributed by atoms with Crippen molar-refractivity contribution in [2.75, 3.05) is 6.54 Å². The number of aliphatic hydroxyl groups is 1. The Kier molecular flexibility index (Phi) is 9.72. The van der Waals surface area contributed by atoms with Gasteiger partial charge < -0.3 is 25.7 Å². The van der Waals surface area contributed by atoms with Crippen LogP contribution in [0.25, 0.3) is 10.4 Å². The van der Waals surface area contributed by atoms with E-state index in [1.807, 2.05) is 64.4 Å². The molecule has 1 unspecified atom stereocenters. The van der Waals surface area contributed by atoms with Gasteiger partial charge in [0.2, 0.25) is 17.7 Å². The van der Waals surface area contributed by atoms with Crippen LogP contribution in [0, 0.1) is 24.2 Å². The maximum absolute atomic E-state index is 13.9. The van der Waals surface area contributed by atoms with Gasteiger partial charge in [-0.3, -0.25) is 19.2 Å². The highest BCUT2D eigenvalue weighted by atomic mass is 32.1. The summed E-state index contributed by atoms with van der Waals surface area (Å²) in [4.78, 5) is 58.6. The van der Waals surface area contributed by atoms with E-state index in [4.69, 9.17) is 0 Å². The largest absolute Gasteiger partial charge is 0.481 e. The molecule has 0 spiro atoms. The van der Waals surface area contributed by atoms with E-state index in [0.29, 0.717) is 25.7 Å². The Labute approximate surface area is 250 Å². The smallest absolute Gasteiger partial charge is 0.306 e. The normalized spacial score (nSPS) is 24.1. The molecule has 228 valence electrons. The summed E-state index contributed by atoms with van der Waals surface area (Å²) in [7, 11) is 0. The maximum Gasteiger partial charge on any atom is 0.306 e. The van der Waals surface area contributed by atoms with Gasteiger partial charge in [0.25, 0.3) is 0 Å². The fraction of sp³-hybridized carbons (Fsp3) is 0.581. The van der Waals surface area contributed by atoms with Gasteiger partial charge in [-0.2, -0.15) is 0 Å². The molecule has 0 bridgehead atoms.